The van der Waals surface area contributed by atoms with Gasteiger partial charge in [-0.25, -0.2) is 0 Å². The Balaban J connectivity index is 1.95. The molecule has 1 heterocycles. The van der Waals surface area contributed by atoms with Crippen LogP contribution in [0.15, 0.2) is 46.2 Å². The zero-order valence-corrected chi connectivity index (χ0v) is 15.4. The molecule has 0 radical (unpaired) electrons. The van der Waals surface area contributed by atoms with Crippen LogP contribution in [0.2, 0.25) is 0 Å². The monoisotopic (exact) mass is 424 g/mol. The number of hydrogen-bond acceptors (Lipinski definition) is 10. The fourth-order valence-corrected chi connectivity index (χ4v) is 3.50. The number of anilines is 2. The molecule has 0 spiro atoms. The number of aromatic nitrogens is 4. The average Bonchev–Trinajstić information content (AvgIpc) is 2.59. The van der Waals surface area contributed by atoms with E-state index in [1.807, 2.05) is 0 Å². The van der Waals surface area contributed by atoms with Gasteiger partial charge < -0.3 is 11.5 Å². The van der Waals surface area contributed by atoms with Crippen LogP contribution in [0.5, 0.6) is 0 Å². The Hall–Kier alpha value is -3.20. The molecule has 6 N–H and O–H groups in total. The van der Waals surface area contributed by atoms with E-state index in [2.05, 4.69) is 20.4 Å². The summed E-state index contributed by atoms with van der Waals surface area (Å²) in [5.74, 6) is 0.0553. The molecule has 0 atom stereocenters. The second-order valence-corrected chi connectivity index (χ2v) is 8.28. The molecule has 1 aromatic heterocycles. The highest BCUT2D eigenvalue weighted by molar-refractivity contribution is 7.86. The van der Waals surface area contributed by atoms with Gasteiger partial charge in [0.2, 0.25) is 11.6 Å². The van der Waals surface area contributed by atoms with E-state index in [1.54, 1.807) is 0 Å². The van der Waals surface area contributed by atoms with E-state index in [1.165, 1.54) is 24.3 Å². The Morgan fingerprint density at radius 1 is 0.643 bits per heavy atom. The lowest BCUT2D eigenvalue weighted by atomic mass is 10.2. The summed E-state index contributed by atoms with van der Waals surface area (Å²) in [5, 5.41) is 15.4. The van der Waals surface area contributed by atoms with Crippen molar-refractivity contribution >= 4 is 31.6 Å². The van der Waals surface area contributed by atoms with Crippen molar-refractivity contribution in [3.8, 4) is 22.8 Å². The van der Waals surface area contributed by atoms with Crippen LogP contribution >= 0.6 is 0 Å². The lowest BCUT2D eigenvalue weighted by Gasteiger charge is -2.06. The predicted molar refractivity (Wildman–Crippen MR) is 96.9 cm³/mol. The third-order valence-electron chi connectivity index (χ3n) is 3.57. The first-order valence-corrected chi connectivity index (χ1v) is 10.2. The number of nitrogen functional groups attached to an aromatic ring is 2. The molecule has 28 heavy (non-hydrogen) atoms. The van der Waals surface area contributed by atoms with E-state index in [-0.39, 0.29) is 23.0 Å². The minimum Gasteiger partial charge on any atom is -0.398 e. The molecule has 146 valence electrons. The maximum atomic E-state index is 11.2. The molecule has 2 aromatic carbocycles. The maximum absolute atomic E-state index is 11.2. The van der Waals surface area contributed by atoms with E-state index in [0.717, 1.165) is 12.1 Å². The second kappa shape index (κ2) is 6.75. The lowest BCUT2D eigenvalue weighted by molar-refractivity contribution is 0.481. The molecule has 0 saturated heterocycles. The molecule has 0 unspecified atom stereocenters. The molecule has 0 bridgehead atoms. The topological polar surface area (TPSA) is 212 Å². The van der Waals surface area contributed by atoms with Crippen molar-refractivity contribution < 1.29 is 25.9 Å². The maximum Gasteiger partial charge on any atom is 0.296 e. The van der Waals surface area contributed by atoms with E-state index in [0.29, 0.717) is 11.1 Å². The van der Waals surface area contributed by atoms with Crippen LogP contribution < -0.4 is 11.5 Å². The average molecular weight is 424 g/mol. The molecule has 0 aliphatic rings. The molecular formula is C14H12N6O6S2. The summed E-state index contributed by atoms with van der Waals surface area (Å²) in [6.07, 6.45) is 0. The fourth-order valence-electron chi connectivity index (χ4n) is 2.31. The first kappa shape index (κ1) is 19.6. The number of nitrogens with two attached hydrogens (primary N) is 2. The van der Waals surface area contributed by atoms with Gasteiger partial charge in [0.05, 0.1) is 11.4 Å². The quantitative estimate of drug-likeness (QED) is 0.328. The smallest absolute Gasteiger partial charge is 0.296 e. The van der Waals surface area contributed by atoms with Crippen molar-refractivity contribution in [2.75, 3.05) is 11.5 Å². The number of nitrogens with zero attached hydrogens (tertiary/aromatic N) is 4. The molecule has 14 heteroatoms. The summed E-state index contributed by atoms with van der Waals surface area (Å²) in [4.78, 5) is -0.911. The summed E-state index contributed by atoms with van der Waals surface area (Å²) in [6.45, 7) is 0. The summed E-state index contributed by atoms with van der Waals surface area (Å²) < 4.78 is 62.8. The summed E-state index contributed by atoms with van der Waals surface area (Å²) in [6, 6.07) is 7.28. The first-order chi connectivity index (χ1) is 13.0. The molecule has 0 saturated carbocycles. The highest BCUT2D eigenvalue weighted by Gasteiger charge is 2.17. The van der Waals surface area contributed by atoms with Crippen molar-refractivity contribution in [3.63, 3.8) is 0 Å². The van der Waals surface area contributed by atoms with E-state index >= 15 is 0 Å². The van der Waals surface area contributed by atoms with Gasteiger partial charge in [-0.2, -0.15) is 16.8 Å². The normalized spacial score (nSPS) is 12.1. The van der Waals surface area contributed by atoms with Gasteiger partial charge in [0.25, 0.3) is 20.2 Å². The van der Waals surface area contributed by atoms with E-state index in [9.17, 15) is 16.8 Å². The van der Waals surface area contributed by atoms with Crippen molar-refractivity contribution in [1.29, 1.82) is 0 Å². The standard InChI is InChI=1S/C14H12N6O6S2/c15-9-5-7(1-3-11(9)27(21,22)23)13-17-19-14(20-18-13)8-2-4-12(10(16)6-8)28(24,25)26/h1-6H,15-16H2,(H,21,22,23)(H,24,25,26). The fraction of sp³-hybridized carbons (Fsp3) is 0. The van der Waals surface area contributed by atoms with Gasteiger partial charge in [-0.15, -0.1) is 20.4 Å². The number of hydrogen-bond donors (Lipinski definition) is 4. The van der Waals surface area contributed by atoms with Gasteiger partial charge in [-0.05, 0) is 36.4 Å². The minimum atomic E-state index is -4.46. The predicted octanol–water partition coefficient (Wildman–Crippen LogP) is 0.258. The first-order valence-electron chi connectivity index (χ1n) is 7.29. The van der Waals surface area contributed by atoms with Gasteiger partial charge in [0.15, 0.2) is 0 Å². The Labute approximate surface area is 158 Å². The SMILES string of the molecule is Nc1cc(-c2nnc(-c3ccc(S(=O)(=O)O)c(N)c3)nn2)ccc1S(=O)(=O)O. The zero-order chi connectivity index (χ0) is 20.7. The lowest BCUT2D eigenvalue weighted by Crippen LogP contribution is -2.05. The van der Waals surface area contributed by atoms with Crippen LogP contribution in [0, 0.1) is 0 Å². The summed E-state index contributed by atoms with van der Waals surface area (Å²) >= 11 is 0. The highest BCUT2D eigenvalue weighted by atomic mass is 32.2. The van der Waals surface area contributed by atoms with Crippen LogP contribution in [0.25, 0.3) is 22.8 Å². The Morgan fingerprint density at radius 3 is 1.21 bits per heavy atom. The van der Waals surface area contributed by atoms with Gasteiger partial charge in [-0.3, -0.25) is 9.11 Å². The van der Waals surface area contributed by atoms with Gasteiger partial charge in [-0.1, -0.05) is 0 Å². The molecule has 0 aliphatic carbocycles. The molecular weight excluding hydrogens is 412 g/mol. The summed E-state index contributed by atoms with van der Waals surface area (Å²) in [7, 11) is -8.93. The van der Waals surface area contributed by atoms with Gasteiger partial charge in [0.1, 0.15) is 9.79 Å². The van der Waals surface area contributed by atoms with Crippen LogP contribution in [0.4, 0.5) is 11.4 Å². The van der Waals surface area contributed by atoms with Gasteiger partial charge >= 0.3 is 0 Å². The molecule has 3 rings (SSSR count). The Kier molecular flexibility index (Phi) is 4.72. The van der Waals surface area contributed by atoms with Crippen LogP contribution in [-0.2, 0) is 20.2 Å². The molecule has 12 nitrogen and oxygen atoms in total. The third kappa shape index (κ3) is 3.89. The molecule has 0 amide bonds. The summed E-state index contributed by atoms with van der Waals surface area (Å²) in [5.41, 5.74) is 11.4. The van der Waals surface area contributed by atoms with Crippen molar-refractivity contribution in [2.24, 2.45) is 0 Å². The van der Waals surface area contributed by atoms with Crippen LogP contribution in [-0.4, -0.2) is 46.3 Å². The second-order valence-electron chi connectivity index (χ2n) is 5.50. The molecule has 3 aromatic rings. The third-order valence-corrected chi connectivity index (χ3v) is 5.43. The van der Waals surface area contributed by atoms with Crippen molar-refractivity contribution in [3.05, 3.63) is 36.4 Å². The number of rotatable bonds is 4. The minimum absolute atomic E-state index is 0.0277. The van der Waals surface area contributed by atoms with Crippen molar-refractivity contribution in [2.45, 2.75) is 9.79 Å². The van der Waals surface area contributed by atoms with E-state index in [4.69, 9.17) is 20.6 Å². The largest absolute Gasteiger partial charge is 0.398 e. The Bertz CT molecular complexity index is 1180. The van der Waals surface area contributed by atoms with Crippen LogP contribution in [0.1, 0.15) is 0 Å². The van der Waals surface area contributed by atoms with Crippen molar-refractivity contribution in [1.82, 2.24) is 20.4 Å². The van der Waals surface area contributed by atoms with E-state index < -0.39 is 30.0 Å². The van der Waals surface area contributed by atoms with Gasteiger partial charge in [0, 0.05) is 11.1 Å². The molecule has 0 aliphatic heterocycles. The zero-order valence-electron chi connectivity index (χ0n) is 13.8. The Morgan fingerprint density at radius 2 is 0.964 bits per heavy atom. The number of benzene rings is 2. The van der Waals surface area contributed by atoms with Crippen LogP contribution in [0.3, 0.4) is 0 Å². The highest BCUT2D eigenvalue weighted by Crippen LogP contribution is 2.26. The molecule has 0 fully saturated rings.